The molecule has 2 heterocycles. The second-order valence-electron chi connectivity index (χ2n) is 6.73. The Labute approximate surface area is 163 Å². The summed E-state index contributed by atoms with van der Waals surface area (Å²) in [5, 5.41) is 9.49. The number of carbonyl (C=O) groups is 1. The van der Waals surface area contributed by atoms with Crippen LogP contribution in [0.5, 0.6) is 11.5 Å². The van der Waals surface area contributed by atoms with Crippen LogP contribution in [0.25, 0.3) is 0 Å². The maximum absolute atomic E-state index is 12.4. The third kappa shape index (κ3) is 3.74. The predicted octanol–water partition coefficient (Wildman–Crippen LogP) is 4.18. The Kier molecular flexibility index (Phi) is 5.07. The highest BCUT2D eigenvalue weighted by atomic mass is 16.5. The van der Waals surface area contributed by atoms with Crippen LogP contribution in [0.1, 0.15) is 36.2 Å². The number of anilines is 1. The van der Waals surface area contributed by atoms with Crippen molar-refractivity contribution < 1.29 is 9.53 Å². The zero-order chi connectivity index (χ0) is 19.3. The van der Waals surface area contributed by atoms with Crippen LogP contribution in [0.15, 0.2) is 54.9 Å². The molecule has 6 heteroatoms. The van der Waals surface area contributed by atoms with Gasteiger partial charge in [0.25, 0.3) is 0 Å². The van der Waals surface area contributed by atoms with Crippen LogP contribution < -0.4 is 9.64 Å². The Morgan fingerprint density at radius 2 is 2.07 bits per heavy atom. The van der Waals surface area contributed by atoms with Crippen molar-refractivity contribution >= 4 is 11.6 Å². The van der Waals surface area contributed by atoms with Gasteiger partial charge in [-0.15, -0.1) is 0 Å². The molecule has 28 heavy (non-hydrogen) atoms. The van der Waals surface area contributed by atoms with Crippen molar-refractivity contribution in [3.63, 3.8) is 0 Å². The molecule has 0 saturated carbocycles. The van der Waals surface area contributed by atoms with Crippen molar-refractivity contribution in [1.29, 1.82) is 5.26 Å². The van der Waals surface area contributed by atoms with E-state index in [-0.39, 0.29) is 5.91 Å². The first-order valence-electron chi connectivity index (χ1n) is 9.33. The first kappa shape index (κ1) is 17.8. The van der Waals surface area contributed by atoms with E-state index in [2.05, 4.69) is 16.0 Å². The normalized spacial score (nSPS) is 14.0. The molecule has 0 atom stereocenters. The van der Waals surface area contributed by atoms with Crippen molar-refractivity contribution in [2.24, 2.45) is 0 Å². The summed E-state index contributed by atoms with van der Waals surface area (Å²) in [6, 6.07) is 15.2. The zero-order valence-electron chi connectivity index (χ0n) is 15.4. The molecule has 4 rings (SSSR count). The molecule has 0 unspecified atom stereocenters. The fraction of sp³-hybridized carbons (Fsp3) is 0.227. The molecule has 0 spiro atoms. The molecule has 1 fully saturated rings. The van der Waals surface area contributed by atoms with Gasteiger partial charge in [-0.05, 0) is 42.7 Å². The van der Waals surface area contributed by atoms with Crippen LogP contribution in [0.2, 0.25) is 0 Å². The summed E-state index contributed by atoms with van der Waals surface area (Å²) in [7, 11) is 0. The van der Waals surface area contributed by atoms with Crippen LogP contribution in [0, 0.1) is 11.3 Å². The van der Waals surface area contributed by atoms with Crippen molar-refractivity contribution in [3.05, 3.63) is 71.8 Å². The number of benzene rings is 2. The van der Waals surface area contributed by atoms with E-state index in [9.17, 15) is 10.1 Å². The quantitative estimate of drug-likeness (QED) is 0.728. The minimum atomic E-state index is 0.106. The summed E-state index contributed by atoms with van der Waals surface area (Å²) in [6.45, 7) is 0.683. The first-order chi connectivity index (χ1) is 13.7. The fourth-order valence-electron chi connectivity index (χ4n) is 3.39. The minimum Gasteiger partial charge on any atom is -0.454 e. The minimum absolute atomic E-state index is 0.106. The molecule has 1 saturated heterocycles. The Morgan fingerprint density at radius 3 is 2.86 bits per heavy atom. The van der Waals surface area contributed by atoms with Crippen molar-refractivity contribution in [3.8, 4) is 17.6 Å². The molecule has 2 aromatic carbocycles. The van der Waals surface area contributed by atoms with Crippen LogP contribution >= 0.6 is 0 Å². The van der Waals surface area contributed by atoms with Crippen molar-refractivity contribution in [2.45, 2.75) is 25.7 Å². The number of carbonyl (C=O) groups excluding carboxylic acids is 1. The summed E-state index contributed by atoms with van der Waals surface area (Å²) in [6.07, 6.45) is 6.55. The smallest absolute Gasteiger partial charge is 0.227 e. The molecule has 1 aromatic heterocycles. The number of amides is 1. The number of rotatable bonds is 5. The summed E-state index contributed by atoms with van der Waals surface area (Å²) in [5.74, 6) is 2.00. The number of ether oxygens (including phenoxy) is 1. The number of nitriles is 1. The lowest BCUT2D eigenvalue weighted by atomic mass is 10.1. The molecular weight excluding hydrogens is 352 g/mol. The largest absolute Gasteiger partial charge is 0.454 e. The van der Waals surface area contributed by atoms with E-state index in [0.717, 1.165) is 29.9 Å². The number of imidazole rings is 1. The number of nitrogens with one attached hydrogen (secondary N) is 1. The van der Waals surface area contributed by atoms with E-state index in [1.54, 1.807) is 23.4 Å². The molecule has 0 aliphatic carbocycles. The number of aromatic amines is 1. The van der Waals surface area contributed by atoms with Gasteiger partial charge in [0.1, 0.15) is 17.6 Å². The standard InChI is InChI=1S/C22H20N4O2/c23-15-17-9-8-16(14-21-24-10-11-25-21)13-20(17)28-19-6-2-1-5-18(19)26-12-4-3-7-22(26)27/h1-2,5-6,8-11,13H,3-4,7,12,14H2,(H,24,25). The number of nitrogens with zero attached hydrogens (tertiary/aromatic N) is 3. The lowest BCUT2D eigenvalue weighted by molar-refractivity contribution is -0.119. The molecule has 1 N–H and O–H groups in total. The van der Waals surface area contributed by atoms with E-state index in [1.165, 1.54) is 0 Å². The van der Waals surface area contributed by atoms with Gasteiger partial charge < -0.3 is 14.6 Å². The van der Waals surface area contributed by atoms with Gasteiger partial charge >= 0.3 is 0 Å². The average molecular weight is 372 g/mol. The van der Waals surface area contributed by atoms with E-state index in [1.807, 2.05) is 36.4 Å². The maximum Gasteiger partial charge on any atom is 0.227 e. The van der Waals surface area contributed by atoms with Crippen LogP contribution in [-0.4, -0.2) is 22.4 Å². The van der Waals surface area contributed by atoms with Crippen molar-refractivity contribution in [1.82, 2.24) is 9.97 Å². The zero-order valence-corrected chi connectivity index (χ0v) is 15.4. The van der Waals surface area contributed by atoms with E-state index >= 15 is 0 Å². The number of H-pyrrole nitrogens is 1. The maximum atomic E-state index is 12.4. The predicted molar refractivity (Wildman–Crippen MR) is 105 cm³/mol. The summed E-state index contributed by atoms with van der Waals surface area (Å²) in [5.41, 5.74) is 2.17. The van der Waals surface area contributed by atoms with Gasteiger partial charge in [-0.2, -0.15) is 5.26 Å². The molecule has 1 aliphatic rings. The molecule has 0 bridgehead atoms. The van der Waals surface area contributed by atoms with Crippen LogP contribution in [-0.2, 0) is 11.2 Å². The molecule has 1 aliphatic heterocycles. The van der Waals surface area contributed by atoms with E-state index in [4.69, 9.17) is 4.74 Å². The summed E-state index contributed by atoms with van der Waals surface area (Å²) in [4.78, 5) is 21.5. The molecule has 3 aromatic rings. The number of hydrogen-bond donors (Lipinski definition) is 1. The van der Waals surface area contributed by atoms with Gasteiger partial charge in [-0.25, -0.2) is 4.98 Å². The molecular formula is C22H20N4O2. The molecule has 1 amide bonds. The number of piperidine rings is 1. The highest BCUT2D eigenvalue weighted by Gasteiger charge is 2.23. The topological polar surface area (TPSA) is 82.0 Å². The summed E-state index contributed by atoms with van der Waals surface area (Å²) >= 11 is 0. The van der Waals surface area contributed by atoms with Gasteiger partial charge in [0.15, 0.2) is 5.75 Å². The third-order valence-electron chi connectivity index (χ3n) is 4.79. The van der Waals surface area contributed by atoms with Crippen LogP contribution in [0.3, 0.4) is 0 Å². The SMILES string of the molecule is N#Cc1ccc(Cc2ncc[nH]2)cc1Oc1ccccc1N1CCCCC1=O. The van der Waals surface area contributed by atoms with E-state index < -0.39 is 0 Å². The number of hydrogen-bond acceptors (Lipinski definition) is 4. The monoisotopic (exact) mass is 372 g/mol. The number of aromatic nitrogens is 2. The molecule has 6 nitrogen and oxygen atoms in total. The second kappa shape index (κ2) is 7.97. The van der Waals surface area contributed by atoms with Gasteiger partial charge in [-0.1, -0.05) is 18.2 Å². The third-order valence-corrected chi connectivity index (χ3v) is 4.79. The summed E-state index contributed by atoms with van der Waals surface area (Å²) < 4.78 is 6.15. The first-order valence-corrected chi connectivity index (χ1v) is 9.33. The van der Waals surface area contributed by atoms with Gasteiger partial charge in [0.05, 0.1) is 11.3 Å². The highest BCUT2D eigenvalue weighted by Crippen LogP contribution is 2.35. The fourth-order valence-corrected chi connectivity index (χ4v) is 3.39. The molecule has 0 radical (unpaired) electrons. The Balaban J connectivity index is 1.65. The lowest BCUT2D eigenvalue weighted by Gasteiger charge is -2.28. The van der Waals surface area contributed by atoms with Crippen molar-refractivity contribution in [2.75, 3.05) is 11.4 Å². The highest BCUT2D eigenvalue weighted by molar-refractivity contribution is 5.95. The van der Waals surface area contributed by atoms with E-state index in [0.29, 0.717) is 36.4 Å². The van der Waals surface area contributed by atoms with Gasteiger partial charge in [0.2, 0.25) is 5.91 Å². The number of para-hydroxylation sites is 2. The second-order valence-corrected chi connectivity index (χ2v) is 6.73. The van der Waals surface area contributed by atoms with Crippen LogP contribution in [0.4, 0.5) is 5.69 Å². The van der Waals surface area contributed by atoms with Gasteiger partial charge in [0, 0.05) is 31.8 Å². The Morgan fingerprint density at radius 1 is 1.18 bits per heavy atom. The Hall–Kier alpha value is -3.59. The van der Waals surface area contributed by atoms with Gasteiger partial charge in [-0.3, -0.25) is 4.79 Å². The lowest BCUT2D eigenvalue weighted by Crippen LogP contribution is -2.35. The average Bonchev–Trinajstić information content (AvgIpc) is 3.22. The molecule has 140 valence electrons. The Bertz CT molecular complexity index is 1020.